The monoisotopic (exact) mass is 291 g/mol. The SMILES string of the molecule is CC(=O)C1=C(C)OC(C)=CC12Nc1cc(Cl)ccc1O2. The van der Waals surface area contributed by atoms with Crippen LogP contribution in [0.1, 0.15) is 20.8 Å². The summed E-state index contributed by atoms with van der Waals surface area (Å²) < 4.78 is 11.5. The molecule has 3 rings (SSSR count). The maximum Gasteiger partial charge on any atom is 0.237 e. The van der Waals surface area contributed by atoms with Crippen molar-refractivity contribution in [3.63, 3.8) is 0 Å². The van der Waals surface area contributed by atoms with Crippen LogP contribution in [0.4, 0.5) is 5.69 Å². The number of allylic oxidation sites excluding steroid dienone is 2. The van der Waals surface area contributed by atoms with Crippen molar-refractivity contribution in [3.05, 3.63) is 46.4 Å². The minimum atomic E-state index is -1.01. The Morgan fingerprint density at radius 3 is 2.80 bits per heavy atom. The van der Waals surface area contributed by atoms with Gasteiger partial charge >= 0.3 is 0 Å². The summed E-state index contributed by atoms with van der Waals surface area (Å²) in [5, 5.41) is 3.85. The lowest BCUT2D eigenvalue weighted by molar-refractivity contribution is -0.115. The second-order valence-corrected chi connectivity index (χ2v) is 5.38. The van der Waals surface area contributed by atoms with E-state index in [9.17, 15) is 4.79 Å². The third kappa shape index (κ3) is 1.88. The standard InChI is InChI=1S/C15H14ClNO3/c1-8-7-15(14(9(2)18)10(3)19-8)17-12-6-11(16)4-5-13(12)20-15/h4-7,17H,1-3H3. The highest BCUT2D eigenvalue weighted by Gasteiger charge is 2.46. The highest BCUT2D eigenvalue weighted by Crippen LogP contribution is 2.45. The van der Waals surface area contributed by atoms with Crippen LogP contribution in [-0.4, -0.2) is 11.5 Å². The Hall–Kier alpha value is -1.94. The van der Waals surface area contributed by atoms with Crippen LogP contribution in [0.3, 0.4) is 0 Å². The number of Topliss-reactive ketones (excluding diaryl/α,β-unsaturated/α-hetero) is 1. The van der Waals surface area contributed by atoms with Crippen molar-refractivity contribution in [1.82, 2.24) is 0 Å². The number of hydrogen-bond donors (Lipinski definition) is 1. The van der Waals surface area contributed by atoms with Crippen LogP contribution in [0.15, 0.2) is 41.4 Å². The summed E-state index contributed by atoms with van der Waals surface area (Å²) in [6.07, 6.45) is 1.77. The van der Waals surface area contributed by atoms with Gasteiger partial charge in [-0.25, -0.2) is 0 Å². The summed E-state index contributed by atoms with van der Waals surface area (Å²) in [5.74, 6) is 1.78. The Balaban J connectivity index is 2.13. The Morgan fingerprint density at radius 1 is 1.35 bits per heavy atom. The van der Waals surface area contributed by atoms with Crippen LogP contribution >= 0.6 is 11.6 Å². The molecular formula is C15H14ClNO3. The Morgan fingerprint density at radius 2 is 2.10 bits per heavy atom. The smallest absolute Gasteiger partial charge is 0.237 e. The normalized spacial score (nSPS) is 23.7. The molecule has 1 aromatic rings. The van der Waals surface area contributed by atoms with Gasteiger partial charge in [-0.2, -0.15) is 0 Å². The molecule has 0 aliphatic carbocycles. The number of hydrogen-bond acceptors (Lipinski definition) is 4. The molecule has 1 aromatic carbocycles. The van der Waals surface area contributed by atoms with Crippen molar-refractivity contribution in [2.75, 3.05) is 5.32 Å². The molecule has 104 valence electrons. The molecule has 1 spiro atoms. The van der Waals surface area contributed by atoms with E-state index >= 15 is 0 Å². The number of carbonyl (C=O) groups excluding carboxylic acids is 1. The van der Waals surface area contributed by atoms with Gasteiger partial charge in [-0.1, -0.05) is 11.6 Å². The van der Waals surface area contributed by atoms with E-state index in [1.807, 2.05) is 6.92 Å². The molecule has 20 heavy (non-hydrogen) atoms. The van der Waals surface area contributed by atoms with Crippen LogP contribution in [0.25, 0.3) is 0 Å². The summed E-state index contributed by atoms with van der Waals surface area (Å²) in [4.78, 5) is 12.0. The maximum atomic E-state index is 12.0. The van der Waals surface area contributed by atoms with Crippen LogP contribution in [0.2, 0.25) is 5.02 Å². The molecule has 4 nitrogen and oxygen atoms in total. The summed E-state index contributed by atoms with van der Waals surface area (Å²) >= 11 is 5.99. The average molecular weight is 292 g/mol. The highest BCUT2D eigenvalue weighted by atomic mass is 35.5. The topological polar surface area (TPSA) is 47.6 Å². The van der Waals surface area contributed by atoms with Crippen molar-refractivity contribution >= 4 is 23.1 Å². The maximum absolute atomic E-state index is 12.0. The lowest BCUT2D eigenvalue weighted by Gasteiger charge is -2.32. The van der Waals surface area contributed by atoms with E-state index in [2.05, 4.69) is 5.32 Å². The van der Waals surface area contributed by atoms with Gasteiger partial charge in [0.25, 0.3) is 0 Å². The van der Waals surface area contributed by atoms with Gasteiger partial charge in [-0.15, -0.1) is 0 Å². The number of fused-ring (bicyclic) bond motifs is 1. The third-order valence-electron chi connectivity index (χ3n) is 3.33. The predicted octanol–water partition coefficient (Wildman–Crippen LogP) is 3.64. The number of halogens is 1. The Kier molecular flexibility index (Phi) is 2.80. The van der Waals surface area contributed by atoms with Crippen LogP contribution in [0.5, 0.6) is 5.75 Å². The summed E-state index contributed by atoms with van der Waals surface area (Å²) in [6.45, 7) is 5.08. The zero-order chi connectivity index (χ0) is 14.5. The second kappa shape index (κ2) is 4.28. The zero-order valence-corrected chi connectivity index (χ0v) is 12.2. The molecule has 2 aliphatic heterocycles. The molecule has 0 saturated carbocycles. The van der Waals surface area contributed by atoms with Crippen LogP contribution < -0.4 is 10.1 Å². The minimum absolute atomic E-state index is 0.0994. The molecule has 5 heteroatoms. The van der Waals surface area contributed by atoms with Gasteiger partial charge in [0, 0.05) is 11.1 Å². The fourth-order valence-electron chi connectivity index (χ4n) is 2.72. The summed E-state index contributed by atoms with van der Waals surface area (Å²) in [7, 11) is 0. The molecule has 1 atom stereocenters. The van der Waals surface area contributed by atoms with E-state index in [-0.39, 0.29) is 5.78 Å². The van der Waals surface area contributed by atoms with Gasteiger partial charge in [0.1, 0.15) is 22.8 Å². The second-order valence-electron chi connectivity index (χ2n) is 4.95. The van der Waals surface area contributed by atoms with E-state index in [1.165, 1.54) is 6.92 Å². The molecule has 2 heterocycles. The zero-order valence-electron chi connectivity index (χ0n) is 11.4. The van der Waals surface area contributed by atoms with Crippen molar-refractivity contribution in [2.24, 2.45) is 0 Å². The minimum Gasteiger partial charge on any atom is -0.466 e. The number of nitrogens with one attached hydrogen (secondary N) is 1. The number of ketones is 1. The predicted molar refractivity (Wildman–Crippen MR) is 76.7 cm³/mol. The van der Waals surface area contributed by atoms with Gasteiger partial charge in [0.05, 0.1) is 5.69 Å². The lowest BCUT2D eigenvalue weighted by Crippen LogP contribution is -2.45. The van der Waals surface area contributed by atoms with Crippen molar-refractivity contribution < 1.29 is 14.3 Å². The van der Waals surface area contributed by atoms with Gasteiger partial charge in [-0.3, -0.25) is 4.79 Å². The molecule has 0 fully saturated rings. The van der Waals surface area contributed by atoms with Crippen LogP contribution in [-0.2, 0) is 9.53 Å². The number of ether oxygens (including phenoxy) is 2. The van der Waals surface area contributed by atoms with Gasteiger partial charge in [0.15, 0.2) is 5.78 Å². The molecule has 0 radical (unpaired) electrons. The first-order valence-corrected chi connectivity index (χ1v) is 6.65. The molecule has 0 saturated heterocycles. The van der Waals surface area contributed by atoms with E-state index in [4.69, 9.17) is 21.1 Å². The Labute approximate surface area is 122 Å². The number of rotatable bonds is 1. The largest absolute Gasteiger partial charge is 0.466 e. The van der Waals surface area contributed by atoms with Crippen LogP contribution in [0, 0.1) is 0 Å². The number of carbonyl (C=O) groups is 1. The first kappa shape index (κ1) is 13.1. The van der Waals surface area contributed by atoms with E-state index in [0.29, 0.717) is 27.9 Å². The van der Waals surface area contributed by atoms with Gasteiger partial charge in [0.2, 0.25) is 5.72 Å². The lowest BCUT2D eigenvalue weighted by atomic mass is 9.95. The van der Waals surface area contributed by atoms with Gasteiger partial charge < -0.3 is 14.8 Å². The Bertz CT molecular complexity index is 678. The average Bonchev–Trinajstić information content (AvgIpc) is 2.63. The van der Waals surface area contributed by atoms with E-state index < -0.39 is 5.72 Å². The van der Waals surface area contributed by atoms with Gasteiger partial charge in [-0.05, 0) is 39.0 Å². The first-order chi connectivity index (χ1) is 9.41. The molecule has 1 N–H and O–H groups in total. The van der Waals surface area contributed by atoms with E-state index in [0.717, 1.165) is 5.69 Å². The fraction of sp³-hybridized carbons (Fsp3) is 0.267. The number of benzene rings is 1. The van der Waals surface area contributed by atoms with Crippen molar-refractivity contribution in [3.8, 4) is 5.75 Å². The quantitative estimate of drug-likeness (QED) is 0.858. The summed E-state index contributed by atoms with van der Waals surface area (Å²) in [5.41, 5.74) is 0.219. The fourth-order valence-corrected chi connectivity index (χ4v) is 2.89. The van der Waals surface area contributed by atoms with Crippen molar-refractivity contribution in [1.29, 1.82) is 0 Å². The third-order valence-corrected chi connectivity index (χ3v) is 3.56. The van der Waals surface area contributed by atoms with E-state index in [1.54, 1.807) is 31.2 Å². The molecule has 0 aromatic heterocycles. The highest BCUT2D eigenvalue weighted by molar-refractivity contribution is 6.31. The molecular weight excluding hydrogens is 278 g/mol. The number of anilines is 1. The summed E-state index contributed by atoms with van der Waals surface area (Å²) in [6, 6.07) is 5.31. The van der Waals surface area contributed by atoms with Crippen molar-refractivity contribution in [2.45, 2.75) is 26.5 Å². The molecule has 1 unspecified atom stereocenters. The molecule has 0 amide bonds. The molecule has 0 bridgehead atoms. The molecule has 2 aliphatic rings. The first-order valence-electron chi connectivity index (χ1n) is 6.27.